The van der Waals surface area contributed by atoms with E-state index < -0.39 is 15.9 Å². The van der Waals surface area contributed by atoms with Gasteiger partial charge >= 0.3 is 0 Å². The predicted molar refractivity (Wildman–Crippen MR) is 106 cm³/mol. The number of sulfonamides is 1. The van der Waals surface area contributed by atoms with Gasteiger partial charge in [-0.3, -0.25) is 9.59 Å². The summed E-state index contributed by atoms with van der Waals surface area (Å²) in [6.07, 6.45) is 0. The molecule has 1 aromatic heterocycles. The number of hydrogen-bond donors (Lipinski definition) is 2. The molecule has 11 heteroatoms. The van der Waals surface area contributed by atoms with Crippen molar-refractivity contribution in [2.75, 3.05) is 26.7 Å². The Balaban J connectivity index is 1.75. The van der Waals surface area contributed by atoms with Crippen molar-refractivity contribution in [2.45, 2.75) is 4.21 Å². The highest BCUT2D eigenvalue weighted by atomic mass is 35.5. The average molecular weight is 450 g/mol. The van der Waals surface area contributed by atoms with Crippen LogP contribution in [0.15, 0.2) is 40.6 Å². The van der Waals surface area contributed by atoms with E-state index in [-0.39, 0.29) is 29.8 Å². The summed E-state index contributed by atoms with van der Waals surface area (Å²) in [7, 11) is -2.46. The Kier molecular flexibility index (Phi) is 7.63. The normalized spacial score (nSPS) is 11.4. The summed E-state index contributed by atoms with van der Waals surface area (Å²) < 4.78 is 26.0. The Morgan fingerprint density at radius 3 is 2.26 bits per heavy atom. The van der Waals surface area contributed by atoms with Crippen LogP contribution in [0.3, 0.4) is 0 Å². The number of carbonyl (C=O) groups excluding carboxylic acids is 2. The van der Waals surface area contributed by atoms with Crippen molar-refractivity contribution in [3.8, 4) is 0 Å². The second-order valence-electron chi connectivity index (χ2n) is 5.43. The molecule has 0 saturated carbocycles. The molecular formula is C16H17Cl2N3O4S2. The summed E-state index contributed by atoms with van der Waals surface area (Å²) in [5.41, 5.74) is 0.450. The molecule has 0 bridgehead atoms. The van der Waals surface area contributed by atoms with E-state index in [4.69, 9.17) is 23.2 Å². The second-order valence-corrected chi connectivity index (χ2v) is 9.86. The number of benzene rings is 1. The van der Waals surface area contributed by atoms with Crippen molar-refractivity contribution >= 4 is 56.4 Å². The number of nitrogens with one attached hydrogen (secondary N) is 2. The van der Waals surface area contributed by atoms with Crippen LogP contribution in [0.1, 0.15) is 10.4 Å². The van der Waals surface area contributed by atoms with Gasteiger partial charge in [-0.25, -0.2) is 8.42 Å². The highest BCUT2D eigenvalue weighted by Gasteiger charge is 2.24. The van der Waals surface area contributed by atoms with E-state index in [2.05, 4.69) is 10.6 Å². The van der Waals surface area contributed by atoms with Gasteiger partial charge in [-0.15, -0.1) is 11.3 Å². The number of amides is 2. The van der Waals surface area contributed by atoms with Gasteiger partial charge < -0.3 is 10.6 Å². The quantitative estimate of drug-likeness (QED) is 0.603. The molecule has 7 nitrogen and oxygen atoms in total. The summed E-state index contributed by atoms with van der Waals surface area (Å²) in [5, 5.41) is 5.73. The Morgan fingerprint density at radius 2 is 1.67 bits per heavy atom. The molecule has 0 radical (unpaired) electrons. The second kappa shape index (κ2) is 9.52. The van der Waals surface area contributed by atoms with Crippen molar-refractivity contribution in [1.82, 2.24) is 14.9 Å². The Morgan fingerprint density at radius 1 is 1.04 bits per heavy atom. The van der Waals surface area contributed by atoms with Gasteiger partial charge in [0, 0.05) is 30.7 Å². The fourth-order valence-electron chi connectivity index (χ4n) is 2.01. The predicted octanol–water partition coefficient (Wildman–Crippen LogP) is 2.22. The van der Waals surface area contributed by atoms with E-state index in [9.17, 15) is 18.0 Å². The number of hydrogen-bond acceptors (Lipinski definition) is 5. The molecule has 2 amide bonds. The van der Waals surface area contributed by atoms with Gasteiger partial charge in [-0.2, -0.15) is 4.31 Å². The van der Waals surface area contributed by atoms with E-state index in [1.54, 1.807) is 24.3 Å². The van der Waals surface area contributed by atoms with E-state index in [1.807, 2.05) is 0 Å². The fraction of sp³-hybridized carbons (Fsp3) is 0.250. The lowest BCUT2D eigenvalue weighted by molar-refractivity contribution is -0.121. The van der Waals surface area contributed by atoms with Crippen molar-refractivity contribution in [3.05, 3.63) is 51.3 Å². The third-order valence-electron chi connectivity index (χ3n) is 3.42. The number of rotatable bonds is 8. The third-order valence-corrected chi connectivity index (χ3v) is 7.17. The first-order chi connectivity index (χ1) is 12.7. The minimum atomic E-state index is -3.77. The minimum absolute atomic E-state index is 0.0676. The topological polar surface area (TPSA) is 95.6 Å². The monoisotopic (exact) mass is 449 g/mol. The highest BCUT2D eigenvalue weighted by molar-refractivity contribution is 7.91. The zero-order valence-corrected chi connectivity index (χ0v) is 17.4. The first-order valence-corrected chi connectivity index (χ1v) is 10.7. The molecular weight excluding hydrogens is 433 g/mol. The van der Waals surface area contributed by atoms with Gasteiger partial charge in [0.2, 0.25) is 5.91 Å². The number of thiophene rings is 1. The van der Waals surface area contributed by atoms with Gasteiger partial charge in [-0.1, -0.05) is 23.2 Å². The van der Waals surface area contributed by atoms with Crippen molar-refractivity contribution < 1.29 is 18.0 Å². The average Bonchev–Trinajstić information content (AvgIpc) is 3.06. The zero-order chi connectivity index (χ0) is 20.0. The van der Waals surface area contributed by atoms with Crippen LogP contribution < -0.4 is 10.6 Å². The Labute approximate surface area is 171 Å². The van der Waals surface area contributed by atoms with Crippen molar-refractivity contribution in [3.63, 3.8) is 0 Å². The maximum Gasteiger partial charge on any atom is 0.252 e. The molecule has 0 atom stereocenters. The van der Waals surface area contributed by atoms with Gasteiger partial charge in [0.25, 0.3) is 15.9 Å². The SMILES string of the molecule is CN(CC(=O)NCCNC(=O)c1ccc(Cl)cc1)S(=O)(=O)c1ccc(Cl)s1. The molecule has 146 valence electrons. The van der Waals surface area contributed by atoms with Gasteiger partial charge in [0.1, 0.15) is 4.21 Å². The van der Waals surface area contributed by atoms with Crippen LogP contribution in [0.4, 0.5) is 0 Å². The maximum atomic E-state index is 12.3. The van der Waals surface area contributed by atoms with E-state index in [0.29, 0.717) is 14.9 Å². The zero-order valence-electron chi connectivity index (χ0n) is 14.2. The largest absolute Gasteiger partial charge is 0.353 e. The molecule has 0 aliphatic rings. The van der Waals surface area contributed by atoms with Gasteiger partial charge in [0.15, 0.2) is 0 Å². The molecule has 1 aromatic carbocycles. The lowest BCUT2D eigenvalue weighted by Crippen LogP contribution is -2.41. The number of likely N-dealkylation sites (N-methyl/N-ethyl adjacent to an activating group) is 1. The fourth-order valence-corrected chi connectivity index (χ4v) is 4.96. The number of halogens is 2. The van der Waals surface area contributed by atoms with Crippen LogP contribution in [0.2, 0.25) is 9.36 Å². The summed E-state index contributed by atoms with van der Waals surface area (Å²) in [6, 6.07) is 9.27. The molecule has 2 N–H and O–H groups in total. The summed E-state index contributed by atoms with van der Waals surface area (Å²) >= 11 is 12.4. The molecule has 1 heterocycles. The smallest absolute Gasteiger partial charge is 0.252 e. The molecule has 2 aromatic rings. The lowest BCUT2D eigenvalue weighted by atomic mass is 10.2. The summed E-state index contributed by atoms with van der Waals surface area (Å²) in [5.74, 6) is -0.778. The standard InChI is InChI=1S/C16H17Cl2N3O4S2/c1-21(27(24,25)15-7-6-13(18)26-15)10-14(22)19-8-9-20-16(23)11-2-4-12(17)5-3-11/h2-7H,8-10H2,1H3,(H,19,22)(H,20,23). The van der Waals surface area contributed by atoms with Gasteiger partial charge in [-0.05, 0) is 36.4 Å². The third kappa shape index (κ3) is 6.18. The van der Waals surface area contributed by atoms with Crippen LogP contribution in [0, 0.1) is 0 Å². The van der Waals surface area contributed by atoms with Crippen molar-refractivity contribution in [1.29, 1.82) is 0 Å². The summed E-state index contributed by atoms with van der Waals surface area (Å²) in [4.78, 5) is 23.8. The molecule has 0 aliphatic heterocycles. The number of nitrogens with zero attached hydrogens (tertiary/aromatic N) is 1. The number of carbonyl (C=O) groups is 2. The molecule has 0 aliphatic carbocycles. The van der Waals surface area contributed by atoms with E-state index >= 15 is 0 Å². The first kappa shape index (κ1) is 21.6. The van der Waals surface area contributed by atoms with E-state index in [0.717, 1.165) is 15.6 Å². The Hall–Kier alpha value is -1.65. The van der Waals surface area contributed by atoms with E-state index in [1.165, 1.54) is 19.2 Å². The first-order valence-electron chi connectivity index (χ1n) is 7.72. The maximum absolute atomic E-state index is 12.3. The summed E-state index contributed by atoms with van der Waals surface area (Å²) in [6.45, 7) is 0.0179. The molecule has 0 unspecified atom stereocenters. The van der Waals surface area contributed by atoms with Gasteiger partial charge in [0.05, 0.1) is 10.9 Å². The van der Waals surface area contributed by atoms with Crippen LogP contribution in [0.5, 0.6) is 0 Å². The van der Waals surface area contributed by atoms with Crippen LogP contribution in [0.25, 0.3) is 0 Å². The molecule has 2 rings (SSSR count). The Bertz CT molecular complexity index is 914. The minimum Gasteiger partial charge on any atom is -0.353 e. The van der Waals surface area contributed by atoms with Crippen LogP contribution in [-0.2, 0) is 14.8 Å². The lowest BCUT2D eigenvalue weighted by Gasteiger charge is -2.15. The molecule has 0 saturated heterocycles. The molecule has 27 heavy (non-hydrogen) atoms. The van der Waals surface area contributed by atoms with Crippen LogP contribution in [-0.4, -0.2) is 51.2 Å². The molecule has 0 fully saturated rings. The molecule has 0 spiro atoms. The van der Waals surface area contributed by atoms with Crippen molar-refractivity contribution in [2.24, 2.45) is 0 Å². The van der Waals surface area contributed by atoms with Crippen LogP contribution >= 0.6 is 34.5 Å². The highest BCUT2D eigenvalue weighted by Crippen LogP contribution is 2.27.